The summed E-state index contributed by atoms with van der Waals surface area (Å²) in [6.45, 7) is 7.62. The number of rotatable bonds is 6. The summed E-state index contributed by atoms with van der Waals surface area (Å²) in [7, 11) is 0. The lowest BCUT2D eigenvalue weighted by Gasteiger charge is -2.53. The number of hydrogen-bond donors (Lipinski definition) is 0. The summed E-state index contributed by atoms with van der Waals surface area (Å²) in [5, 5.41) is 0. The SMILES string of the molecule is CCCCC1(CCCC)CN2CCC1C(=O)C2. The first-order chi connectivity index (χ1) is 8.22. The third-order valence-electron chi connectivity index (χ3n) is 4.84. The van der Waals surface area contributed by atoms with Gasteiger partial charge < -0.3 is 0 Å². The van der Waals surface area contributed by atoms with Crippen LogP contribution in [0.3, 0.4) is 0 Å². The van der Waals surface area contributed by atoms with Crippen LogP contribution in [0.25, 0.3) is 0 Å². The molecule has 3 aliphatic rings. The molecule has 17 heavy (non-hydrogen) atoms. The van der Waals surface area contributed by atoms with Crippen LogP contribution in [0.2, 0.25) is 0 Å². The van der Waals surface area contributed by atoms with Crippen LogP contribution < -0.4 is 0 Å². The van der Waals surface area contributed by atoms with Crippen molar-refractivity contribution in [1.29, 1.82) is 0 Å². The van der Waals surface area contributed by atoms with Gasteiger partial charge in [0, 0.05) is 12.5 Å². The maximum absolute atomic E-state index is 12.2. The molecule has 0 aromatic heterocycles. The van der Waals surface area contributed by atoms with E-state index >= 15 is 0 Å². The maximum Gasteiger partial charge on any atom is 0.150 e. The highest BCUT2D eigenvalue weighted by Crippen LogP contribution is 2.47. The minimum Gasteiger partial charge on any atom is -0.298 e. The van der Waals surface area contributed by atoms with E-state index in [0.717, 1.165) is 19.5 Å². The van der Waals surface area contributed by atoms with Gasteiger partial charge in [-0.2, -0.15) is 0 Å². The van der Waals surface area contributed by atoms with E-state index in [2.05, 4.69) is 18.7 Å². The number of piperidine rings is 3. The van der Waals surface area contributed by atoms with E-state index in [0.29, 0.717) is 17.1 Å². The Kier molecular flexibility index (Phi) is 4.24. The quantitative estimate of drug-likeness (QED) is 0.706. The number of ketones is 1. The van der Waals surface area contributed by atoms with E-state index in [-0.39, 0.29) is 0 Å². The maximum atomic E-state index is 12.2. The van der Waals surface area contributed by atoms with Crippen LogP contribution in [-0.4, -0.2) is 30.3 Å². The number of carbonyl (C=O) groups is 1. The fourth-order valence-corrected chi connectivity index (χ4v) is 3.91. The van der Waals surface area contributed by atoms with Crippen molar-refractivity contribution in [3.63, 3.8) is 0 Å². The molecule has 2 bridgehead atoms. The number of fused-ring (bicyclic) bond motifs is 3. The molecule has 3 fully saturated rings. The Hall–Kier alpha value is -0.370. The van der Waals surface area contributed by atoms with Crippen molar-refractivity contribution < 1.29 is 4.79 Å². The van der Waals surface area contributed by atoms with Gasteiger partial charge >= 0.3 is 0 Å². The van der Waals surface area contributed by atoms with E-state index in [4.69, 9.17) is 0 Å². The van der Waals surface area contributed by atoms with Crippen molar-refractivity contribution >= 4 is 5.78 Å². The highest BCUT2D eigenvalue weighted by Gasteiger charge is 2.49. The highest BCUT2D eigenvalue weighted by atomic mass is 16.1. The first kappa shape index (κ1) is 13.1. The van der Waals surface area contributed by atoms with Crippen molar-refractivity contribution in [3.8, 4) is 0 Å². The van der Waals surface area contributed by atoms with E-state index in [1.807, 2.05) is 0 Å². The molecule has 2 nitrogen and oxygen atoms in total. The Morgan fingerprint density at radius 1 is 1.24 bits per heavy atom. The Morgan fingerprint density at radius 3 is 2.35 bits per heavy atom. The predicted molar refractivity (Wildman–Crippen MR) is 71.0 cm³/mol. The Bertz CT molecular complexity index is 266. The summed E-state index contributed by atoms with van der Waals surface area (Å²) in [4.78, 5) is 14.6. The van der Waals surface area contributed by atoms with Crippen LogP contribution in [0.1, 0.15) is 58.8 Å². The molecule has 0 aromatic carbocycles. The van der Waals surface area contributed by atoms with Gasteiger partial charge in [0.1, 0.15) is 0 Å². The number of Topliss-reactive ketones (excluding diaryl/α,β-unsaturated/α-hetero) is 1. The number of carbonyl (C=O) groups excluding carboxylic acids is 1. The second-order valence-electron chi connectivity index (χ2n) is 6.09. The second-order valence-corrected chi connectivity index (χ2v) is 6.09. The average Bonchev–Trinajstić information content (AvgIpc) is 2.34. The van der Waals surface area contributed by atoms with Gasteiger partial charge in [-0.15, -0.1) is 0 Å². The van der Waals surface area contributed by atoms with Crippen LogP contribution in [0.5, 0.6) is 0 Å². The minimum atomic E-state index is 0.347. The molecule has 0 aromatic rings. The normalized spacial score (nSPS) is 30.8. The van der Waals surface area contributed by atoms with Gasteiger partial charge in [-0.3, -0.25) is 9.69 Å². The van der Waals surface area contributed by atoms with E-state index in [9.17, 15) is 4.79 Å². The molecule has 2 unspecified atom stereocenters. The first-order valence-electron chi connectivity index (χ1n) is 7.47. The van der Waals surface area contributed by atoms with Crippen LogP contribution in [0.15, 0.2) is 0 Å². The van der Waals surface area contributed by atoms with Gasteiger partial charge in [-0.25, -0.2) is 0 Å². The van der Waals surface area contributed by atoms with Crippen molar-refractivity contribution in [3.05, 3.63) is 0 Å². The van der Waals surface area contributed by atoms with E-state index in [1.54, 1.807) is 0 Å². The lowest BCUT2D eigenvalue weighted by molar-refractivity contribution is -0.143. The van der Waals surface area contributed by atoms with Crippen molar-refractivity contribution in [2.75, 3.05) is 19.6 Å². The summed E-state index contributed by atoms with van der Waals surface area (Å²) in [6, 6.07) is 0. The van der Waals surface area contributed by atoms with Gasteiger partial charge in [0.2, 0.25) is 0 Å². The number of hydrogen-bond acceptors (Lipinski definition) is 2. The third kappa shape index (κ3) is 2.57. The molecule has 0 saturated carbocycles. The van der Waals surface area contributed by atoms with E-state index in [1.165, 1.54) is 45.1 Å². The van der Waals surface area contributed by atoms with Crippen molar-refractivity contribution in [1.82, 2.24) is 4.90 Å². The Labute approximate surface area is 106 Å². The number of nitrogens with zero attached hydrogens (tertiary/aromatic N) is 1. The Balaban J connectivity index is 2.11. The summed E-state index contributed by atoms with van der Waals surface area (Å²) in [5.41, 5.74) is 0.347. The van der Waals surface area contributed by atoms with Gasteiger partial charge in [0.25, 0.3) is 0 Å². The summed E-state index contributed by atoms with van der Waals surface area (Å²) >= 11 is 0. The molecule has 3 heterocycles. The van der Waals surface area contributed by atoms with Crippen LogP contribution >= 0.6 is 0 Å². The summed E-state index contributed by atoms with van der Waals surface area (Å²) in [6.07, 6.45) is 8.78. The third-order valence-corrected chi connectivity index (χ3v) is 4.84. The molecule has 98 valence electrons. The molecule has 0 spiro atoms. The first-order valence-corrected chi connectivity index (χ1v) is 7.47. The zero-order valence-corrected chi connectivity index (χ0v) is 11.5. The van der Waals surface area contributed by atoms with Gasteiger partial charge in [-0.05, 0) is 31.2 Å². The van der Waals surface area contributed by atoms with Crippen molar-refractivity contribution in [2.24, 2.45) is 11.3 Å². The molecule has 0 radical (unpaired) electrons. The van der Waals surface area contributed by atoms with Crippen molar-refractivity contribution in [2.45, 2.75) is 58.8 Å². The van der Waals surface area contributed by atoms with Crippen LogP contribution in [0, 0.1) is 11.3 Å². The molecular weight excluding hydrogens is 210 g/mol. The lowest BCUT2D eigenvalue weighted by Crippen LogP contribution is -2.59. The fraction of sp³-hybridized carbons (Fsp3) is 0.933. The highest BCUT2D eigenvalue weighted by molar-refractivity contribution is 5.85. The molecule has 0 amide bonds. The molecule has 3 saturated heterocycles. The van der Waals surface area contributed by atoms with Crippen LogP contribution in [-0.2, 0) is 4.79 Å². The zero-order valence-electron chi connectivity index (χ0n) is 11.5. The fourth-order valence-electron chi connectivity index (χ4n) is 3.91. The monoisotopic (exact) mass is 237 g/mol. The molecule has 3 aliphatic heterocycles. The van der Waals surface area contributed by atoms with Gasteiger partial charge in [0.05, 0.1) is 6.54 Å². The second kappa shape index (κ2) is 5.51. The summed E-state index contributed by atoms with van der Waals surface area (Å²) < 4.78 is 0. The molecule has 2 atom stereocenters. The molecule has 3 rings (SSSR count). The molecular formula is C15H27NO. The lowest BCUT2D eigenvalue weighted by atomic mass is 9.61. The van der Waals surface area contributed by atoms with Gasteiger partial charge in [-0.1, -0.05) is 39.5 Å². The molecule has 2 heteroatoms. The van der Waals surface area contributed by atoms with Gasteiger partial charge in [0.15, 0.2) is 5.78 Å². The largest absolute Gasteiger partial charge is 0.298 e. The standard InChI is InChI=1S/C15H27NO/c1-3-5-8-15(9-6-4-2)12-16-10-7-13(15)14(17)11-16/h13H,3-12H2,1-2H3. The Morgan fingerprint density at radius 2 is 1.88 bits per heavy atom. The molecule has 0 aliphatic carbocycles. The smallest absolute Gasteiger partial charge is 0.150 e. The zero-order chi connectivity index (χ0) is 12.3. The van der Waals surface area contributed by atoms with E-state index < -0.39 is 0 Å². The minimum absolute atomic E-state index is 0.347. The van der Waals surface area contributed by atoms with Crippen LogP contribution in [0.4, 0.5) is 0 Å². The average molecular weight is 237 g/mol. The predicted octanol–water partition coefficient (Wildman–Crippen LogP) is 3.26. The number of unbranched alkanes of at least 4 members (excludes halogenated alkanes) is 2. The molecule has 0 N–H and O–H groups in total. The summed E-state index contributed by atoms with van der Waals surface area (Å²) in [5.74, 6) is 0.931. The topological polar surface area (TPSA) is 20.3 Å².